The summed E-state index contributed by atoms with van der Waals surface area (Å²) in [4.78, 5) is 12.2. The number of carbonyl (C=O) groups is 1. The highest BCUT2D eigenvalue weighted by Crippen LogP contribution is 2.23. The molecule has 7 heteroatoms. The van der Waals surface area contributed by atoms with E-state index in [0.717, 1.165) is 18.6 Å². The molecule has 1 aromatic heterocycles. The number of rotatable bonds is 8. The maximum absolute atomic E-state index is 12.2. The van der Waals surface area contributed by atoms with Crippen LogP contribution < -0.4 is 5.32 Å². The van der Waals surface area contributed by atoms with E-state index >= 15 is 0 Å². The van der Waals surface area contributed by atoms with Crippen molar-refractivity contribution in [1.29, 1.82) is 0 Å². The Morgan fingerprint density at radius 1 is 1.21 bits per heavy atom. The van der Waals surface area contributed by atoms with E-state index in [1.165, 1.54) is 10.8 Å². The van der Waals surface area contributed by atoms with Crippen LogP contribution in [0.15, 0.2) is 51.5 Å². The minimum absolute atomic E-state index is 0.0745. The number of halogens is 1. The van der Waals surface area contributed by atoms with Crippen LogP contribution in [0, 0.1) is 5.92 Å². The molecule has 1 aliphatic heterocycles. The van der Waals surface area contributed by atoms with Gasteiger partial charge >= 0.3 is 0 Å². The number of nitrogens with one attached hydrogen (secondary N) is 1. The van der Waals surface area contributed by atoms with Crippen LogP contribution in [0.3, 0.4) is 0 Å². The van der Waals surface area contributed by atoms with Gasteiger partial charge in [-0.3, -0.25) is 4.79 Å². The molecule has 152 valence electrons. The van der Waals surface area contributed by atoms with Gasteiger partial charge in [0.15, 0.2) is 5.76 Å². The molecule has 0 aliphatic carbocycles. The molecule has 0 saturated carbocycles. The number of aromatic nitrogens is 1. The average Bonchev–Trinajstić information content (AvgIpc) is 3.38. The standard InChI is InChI=1S/C22H23BrN2O4/c23-22-19(10-21(26)24-11-16-7-8-27-13-16)25-29-20(22)14-28-12-15-5-6-17-3-1-2-4-18(17)9-15/h1-6,9,16H,7-8,10-14H2,(H,24,26). The molecule has 2 aromatic carbocycles. The van der Waals surface area contributed by atoms with Crippen LogP contribution in [0.1, 0.15) is 23.4 Å². The molecular formula is C22H23BrN2O4. The van der Waals surface area contributed by atoms with E-state index in [1.54, 1.807) is 0 Å². The van der Waals surface area contributed by atoms with Crippen molar-refractivity contribution in [2.45, 2.75) is 26.1 Å². The first-order valence-corrected chi connectivity index (χ1v) is 10.5. The summed E-state index contributed by atoms with van der Waals surface area (Å²) in [5.74, 6) is 0.908. The highest BCUT2D eigenvalue weighted by Gasteiger charge is 2.19. The fourth-order valence-corrected chi connectivity index (χ4v) is 3.76. The number of nitrogens with zero attached hydrogens (tertiary/aromatic N) is 1. The van der Waals surface area contributed by atoms with Crippen molar-refractivity contribution >= 4 is 32.6 Å². The molecular weight excluding hydrogens is 436 g/mol. The summed E-state index contributed by atoms with van der Waals surface area (Å²) in [6.45, 7) is 2.87. The lowest BCUT2D eigenvalue weighted by atomic mass is 10.1. The van der Waals surface area contributed by atoms with E-state index in [-0.39, 0.29) is 18.9 Å². The molecule has 4 rings (SSSR count). The monoisotopic (exact) mass is 458 g/mol. The summed E-state index contributed by atoms with van der Waals surface area (Å²) in [5, 5.41) is 9.34. The van der Waals surface area contributed by atoms with Crippen LogP contribution in [0.2, 0.25) is 0 Å². The van der Waals surface area contributed by atoms with Crippen molar-refractivity contribution in [1.82, 2.24) is 10.5 Å². The van der Waals surface area contributed by atoms with Crippen molar-refractivity contribution in [3.05, 3.63) is 64.0 Å². The van der Waals surface area contributed by atoms with E-state index in [2.05, 4.69) is 56.7 Å². The van der Waals surface area contributed by atoms with Gasteiger partial charge in [0.25, 0.3) is 0 Å². The Hall–Kier alpha value is -2.22. The molecule has 1 atom stereocenters. The molecule has 3 aromatic rings. The predicted octanol–water partition coefficient (Wildman–Crippen LogP) is 4.00. The number of carbonyl (C=O) groups excluding carboxylic acids is 1. The Kier molecular flexibility index (Phi) is 6.59. The van der Waals surface area contributed by atoms with E-state index < -0.39 is 0 Å². The summed E-state index contributed by atoms with van der Waals surface area (Å²) in [6, 6.07) is 14.5. The van der Waals surface area contributed by atoms with Crippen molar-refractivity contribution in [2.75, 3.05) is 19.8 Å². The summed E-state index contributed by atoms with van der Waals surface area (Å²) in [5.41, 5.74) is 1.67. The Labute approximate surface area is 177 Å². The lowest BCUT2D eigenvalue weighted by Crippen LogP contribution is -2.30. The number of fused-ring (bicyclic) bond motifs is 1. The first-order chi connectivity index (χ1) is 14.2. The summed E-state index contributed by atoms with van der Waals surface area (Å²) in [7, 11) is 0. The fourth-order valence-electron chi connectivity index (χ4n) is 3.36. The Balaban J connectivity index is 1.27. The number of hydrogen-bond donors (Lipinski definition) is 1. The van der Waals surface area contributed by atoms with Crippen molar-refractivity contribution < 1.29 is 18.8 Å². The minimum atomic E-state index is -0.0745. The van der Waals surface area contributed by atoms with Gasteiger partial charge in [-0.1, -0.05) is 41.6 Å². The van der Waals surface area contributed by atoms with E-state index in [1.807, 2.05) is 12.1 Å². The molecule has 0 bridgehead atoms. The predicted molar refractivity (Wildman–Crippen MR) is 112 cm³/mol. The van der Waals surface area contributed by atoms with Gasteiger partial charge in [0.1, 0.15) is 12.3 Å². The third kappa shape index (κ3) is 5.23. The largest absolute Gasteiger partial charge is 0.381 e. The topological polar surface area (TPSA) is 73.6 Å². The minimum Gasteiger partial charge on any atom is -0.381 e. The third-order valence-electron chi connectivity index (χ3n) is 5.02. The average molecular weight is 459 g/mol. The molecule has 1 N–H and O–H groups in total. The number of benzene rings is 2. The Morgan fingerprint density at radius 2 is 2.07 bits per heavy atom. The smallest absolute Gasteiger partial charge is 0.226 e. The van der Waals surface area contributed by atoms with Crippen LogP contribution in [0.4, 0.5) is 0 Å². The first-order valence-electron chi connectivity index (χ1n) is 9.72. The second-order valence-corrected chi connectivity index (χ2v) is 8.04. The molecule has 1 fully saturated rings. The van der Waals surface area contributed by atoms with Crippen LogP contribution in [-0.4, -0.2) is 30.8 Å². The van der Waals surface area contributed by atoms with Crippen molar-refractivity contribution in [3.8, 4) is 0 Å². The van der Waals surface area contributed by atoms with Crippen molar-refractivity contribution in [3.63, 3.8) is 0 Å². The lowest BCUT2D eigenvalue weighted by molar-refractivity contribution is -0.120. The summed E-state index contributed by atoms with van der Waals surface area (Å²) >= 11 is 3.48. The van der Waals surface area contributed by atoms with E-state index in [0.29, 0.717) is 41.6 Å². The zero-order chi connectivity index (χ0) is 20.1. The van der Waals surface area contributed by atoms with E-state index in [9.17, 15) is 4.79 Å². The molecule has 1 amide bonds. The quantitative estimate of drug-likeness (QED) is 0.551. The van der Waals surface area contributed by atoms with Crippen molar-refractivity contribution in [2.24, 2.45) is 5.92 Å². The van der Waals surface area contributed by atoms with Crippen LogP contribution >= 0.6 is 15.9 Å². The number of ether oxygens (including phenoxy) is 2. The number of hydrogen-bond acceptors (Lipinski definition) is 5. The molecule has 1 unspecified atom stereocenters. The highest BCUT2D eigenvalue weighted by atomic mass is 79.9. The van der Waals surface area contributed by atoms with Gasteiger partial charge in [-0.15, -0.1) is 0 Å². The lowest BCUT2D eigenvalue weighted by Gasteiger charge is -2.08. The molecule has 6 nitrogen and oxygen atoms in total. The zero-order valence-electron chi connectivity index (χ0n) is 16.0. The SMILES string of the molecule is O=C(Cc1noc(COCc2ccc3ccccc3c2)c1Br)NCC1CCOC1. The van der Waals surface area contributed by atoms with Gasteiger partial charge in [0, 0.05) is 19.1 Å². The van der Waals surface area contributed by atoms with E-state index in [4.69, 9.17) is 14.0 Å². The molecule has 0 spiro atoms. The van der Waals surface area contributed by atoms with Gasteiger partial charge in [-0.05, 0) is 44.8 Å². The number of amides is 1. The second-order valence-electron chi connectivity index (χ2n) is 7.25. The Morgan fingerprint density at radius 3 is 2.90 bits per heavy atom. The maximum Gasteiger partial charge on any atom is 0.226 e. The zero-order valence-corrected chi connectivity index (χ0v) is 17.6. The highest BCUT2D eigenvalue weighted by molar-refractivity contribution is 9.10. The van der Waals surface area contributed by atoms with Gasteiger partial charge in [-0.25, -0.2) is 0 Å². The molecule has 29 heavy (non-hydrogen) atoms. The molecule has 0 radical (unpaired) electrons. The summed E-state index contributed by atoms with van der Waals surface area (Å²) in [6.07, 6.45) is 1.16. The normalized spacial score (nSPS) is 16.4. The van der Waals surface area contributed by atoms with Gasteiger partial charge in [0.05, 0.1) is 24.1 Å². The van der Waals surface area contributed by atoms with Crippen LogP contribution in [0.25, 0.3) is 10.8 Å². The Bertz CT molecular complexity index is 982. The third-order valence-corrected chi connectivity index (χ3v) is 5.92. The van der Waals surface area contributed by atoms with Crippen LogP contribution in [0.5, 0.6) is 0 Å². The van der Waals surface area contributed by atoms with Gasteiger partial charge < -0.3 is 19.3 Å². The van der Waals surface area contributed by atoms with Crippen LogP contribution in [-0.2, 0) is 33.9 Å². The van der Waals surface area contributed by atoms with Gasteiger partial charge in [-0.2, -0.15) is 0 Å². The first kappa shape index (κ1) is 20.1. The molecule has 1 aliphatic rings. The second kappa shape index (κ2) is 9.52. The maximum atomic E-state index is 12.2. The summed E-state index contributed by atoms with van der Waals surface area (Å²) < 4.78 is 17.2. The molecule has 2 heterocycles. The van der Waals surface area contributed by atoms with Gasteiger partial charge in [0.2, 0.25) is 5.91 Å². The fraction of sp³-hybridized carbons (Fsp3) is 0.364. The molecule has 1 saturated heterocycles.